The lowest BCUT2D eigenvalue weighted by Crippen LogP contribution is -2.45. The van der Waals surface area contributed by atoms with Crippen LogP contribution in [0.25, 0.3) is 11.6 Å². The molecule has 2 heterocycles. The number of thioether (sulfide) groups is 1. The molecule has 0 unspecified atom stereocenters. The molecule has 0 atom stereocenters. The number of amidine groups is 1. The molecule has 4 nitrogen and oxygen atoms in total. The van der Waals surface area contributed by atoms with Gasteiger partial charge in [0.25, 0.3) is 5.91 Å². The second-order valence-corrected chi connectivity index (χ2v) is 10.8. The highest BCUT2D eigenvalue weighted by Gasteiger charge is 2.36. The summed E-state index contributed by atoms with van der Waals surface area (Å²) < 4.78 is 15.6. The molecule has 2 aliphatic rings. The fraction of sp³-hybridized carbons (Fsp3) is 0.226. The summed E-state index contributed by atoms with van der Waals surface area (Å²) >= 11 is 1.26. The van der Waals surface area contributed by atoms with Crippen molar-refractivity contribution < 1.29 is 9.18 Å². The van der Waals surface area contributed by atoms with E-state index in [1.807, 2.05) is 66.7 Å². The summed E-state index contributed by atoms with van der Waals surface area (Å²) in [5.41, 5.74) is 4.67. The summed E-state index contributed by atoms with van der Waals surface area (Å²) in [7, 11) is 0. The summed E-state index contributed by atoms with van der Waals surface area (Å²) in [6, 6.07) is 22.4. The maximum atomic E-state index is 15.6. The van der Waals surface area contributed by atoms with Gasteiger partial charge in [-0.2, -0.15) is 0 Å². The number of anilines is 2. The van der Waals surface area contributed by atoms with Gasteiger partial charge in [0.1, 0.15) is 5.82 Å². The smallest absolute Gasteiger partial charge is 0.271 e. The molecule has 37 heavy (non-hydrogen) atoms. The van der Waals surface area contributed by atoms with Gasteiger partial charge in [0.15, 0.2) is 5.17 Å². The van der Waals surface area contributed by atoms with Crippen molar-refractivity contribution in [2.45, 2.75) is 39.7 Å². The Bertz CT molecular complexity index is 1430. The molecule has 0 N–H and O–H groups in total. The number of halogens is 1. The number of amides is 1. The number of allylic oxidation sites excluding steroid dienone is 1. The highest BCUT2D eigenvalue weighted by atomic mass is 32.2. The van der Waals surface area contributed by atoms with Crippen molar-refractivity contribution in [2.24, 2.45) is 4.99 Å². The lowest BCUT2D eigenvalue weighted by molar-refractivity contribution is -0.113. The SMILES string of the molecule is CCCN1c2cc(F)c(/C=C3/SC(=Nc4ccccc4)N(c4ccccc4)C3=O)cc2C(C)=CC1(C)C. The van der Waals surface area contributed by atoms with Crippen LogP contribution >= 0.6 is 11.8 Å². The molecule has 5 rings (SSSR count). The van der Waals surface area contributed by atoms with Crippen molar-refractivity contribution in [3.63, 3.8) is 0 Å². The van der Waals surface area contributed by atoms with Gasteiger partial charge in [-0.15, -0.1) is 0 Å². The van der Waals surface area contributed by atoms with Gasteiger partial charge in [-0.05, 0) is 87.0 Å². The van der Waals surface area contributed by atoms with Gasteiger partial charge in [-0.1, -0.05) is 49.4 Å². The van der Waals surface area contributed by atoms with Gasteiger partial charge in [0.05, 0.1) is 21.8 Å². The van der Waals surface area contributed by atoms with Crippen molar-refractivity contribution >= 4 is 51.5 Å². The van der Waals surface area contributed by atoms with E-state index < -0.39 is 0 Å². The summed E-state index contributed by atoms with van der Waals surface area (Å²) in [6.07, 6.45) is 4.85. The van der Waals surface area contributed by atoms with Gasteiger partial charge < -0.3 is 4.90 Å². The normalized spacial score (nSPS) is 18.9. The Labute approximate surface area is 222 Å². The molecular weight excluding hydrogens is 481 g/mol. The van der Waals surface area contributed by atoms with E-state index in [-0.39, 0.29) is 17.3 Å². The van der Waals surface area contributed by atoms with E-state index in [2.05, 4.69) is 38.7 Å². The van der Waals surface area contributed by atoms with Crippen LogP contribution in [-0.4, -0.2) is 23.2 Å². The predicted molar refractivity (Wildman–Crippen MR) is 155 cm³/mol. The maximum absolute atomic E-state index is 15.6. The van der Waals surface area contributed by atoms with Crippen molar-refractivity contribution in [2.75, 3.05) is 16.3 Å². The molecule has 0 radical (unpaired) electrons. The number of nitrogens with zero attached hydrogens (tertiary/aromatic N) is 3. The van der Waals surface area contributed by atoms with Crippen LogP contribution < -0.4 is 9.80 Å². The molecule has 1 amide bonds. The molecule has 3 aromatic carbocycles. The van der Waals surface area contributed by atoms with Crippen molar-refractivity contribution in [1.29, 1.82) is 0 Å². The minimum Gasteiger partial charge on any atom is -0.362 e. The number of aliphatic imine (C=N–C) groups is 1. The predicted octanol–water partition coefficient (Wildman–Crippen LogP) is 8.05. The Kier molecular flexibility index (Phi) is 6.78. The third kappa shape index (κ3) is 4.86. The first kappa shape index (κ1) is 25.0. The van der Waals surface area contributed by atoms with Crippen LogP contribution in [0.2, 0.25) is 0 Å². The lowest BCUT2D eigenvalue weighted by Gasteiger charge is -2.43. The highest BCUT2D eigenvalue weighted by Crippen LogP contribution is 2.42. The van der Waals surface area contributed by atoms with Gasteiger partial charge >= 0.3 is 0 Å². The van der Waals surface area contributed by atoms with Crippen LogP contribution in [0.5, 0.6) is 0 Å². The number of hydrogen-bond donors (Lipinski definition) is 0. The maximum Gasteiger partial charge on any atom is 0.271 e. The lowest BCUT2D eigenvalue weighted by atomic mass is 9.87. The van der Waals surface area contributed by atoms with E-state index in [0.29, 0.717) is 15.6 Å². The molecule has 0 aromatic heterocycles. The number of benzene rings is 3. The van der Waals surface area contributed by atoms with Gasteiger partial charge in [-0.3, -0.25) is 9.69 Å². The minimum atomic E-state index is -0.342. The summed E-state index contributed by atoms with van der Waals surface area (Å²) in [6.45, 7) is 9.34. The Morgan fingerprint density at radius 2 is 1.70 bits per heavy atom. The third-order valence-electron chi connectivity index (χ3n) is 6.63. The van der Waals surface area contributed by atoms with Crippen molar-refractivity contribution in [3.05, 3.63) is 101 Å². The Morgan fingerprint density at radius 3 is 2.38 bits per heavy atom. The highest BCUT2D eigenvalue weighted by molar-refractivity contribution is 8.19. The Hall–Kier alpha value is -3.64. The molecule has 2 aliphatic heterocycles. The minimum absolute atomic E-state index is 0.199. The van der Waals surface area contributed by atoms with Crippen LogP contribution in [0.1, 0.15) is 45.2 Å². The van der Waals surface area contributed by atoms with E-state index in [1.54, 1.807) is 17.0 Å². The average Bonchev–Trinajstić information content (AvgIpc) is 3.17. The fourth-order valence-corrected chi connectivity index (χ4v) is 5.96. The summed E-state index contributed by atoms with van der Waals surface area (Å²) in [5.74, 6) is -0.560. The number of para-hydroxylation sites is 2. The molecule has 1 fully saturated rings. The summed E-state index contributed by atoms with van der Waals surface area (Å²) in [5, 5.41) is 0.541. The fourth-order valence-electron chi connectivity index (χ4n) is 4.97. The third-order valence-corrected chi connectivity index (χ3v) is 7.60. The van der Waals surface area contributed by atoms with Crippen LogP contribution in [0, 0.1) is 5.82 Å². The van der Waals surface area contributed by atoms with Crippen molar-refractivity contribution in [3.8, 4) is 0 Å². The molecule has 6 heteroatoms. The number of fused-ring (bicyclic) bond motifs is 1. The Balaban J connectivity index is 1.58. The monoisotopic (exact) mass is 511 g/mol. The molecule has 0 aliphatic carbocycles. The zero-order valence-corrected chi connectivity index (χ0v) is 22.3. The zero-order valence-electron chi connectivity index (χ0n) is 21.5. The second kappa shape index (κ2) is 10.0. The molecule has 3 aromatic rings. The first-order valence-corrected chi connectivity index (χ1v) is 13.3. The van der Waals surface area contributed by atoms with Crippen LogP contribution in [0.4, 0.5) is 21.5 Å². The average molecular weight is 512 g/mol. The second-order valence-electron chi connectivity index (χ2n) is 9.84. The van der Waals surface area contributed by atoms with Gasteiger partial charge in [-0.25, -0.2) is 9.38 Å². The summed E-state index contributed by atoms with van der Waals surface area (Å²) in [4.78, 5) is 22.6. The molecule has 0 spiro atoms. The molecule has 188 valence electrons. The van der Waals surface area contributed by atoms with Gasteiger partial charge in [0.2, 0.25) is 0 Å². The van der Waals surface area contributed by atoms with Gasteiger partial charge in [0, 0.05) is 23.4 Å². The number of rotatable bonds is 5. The zero-order chi connectivity index (χ0) is 26.2. The van der Waals surface area contributed by atoms with E-state index >= 15 is 4.39 Å². The van der Waals surface area contributed by atoms with Crippen LogP contribution in [0.3, 0.4) is 0 Å². The van der Waals surface area contributed by atoms with E-state index in [1.165, 1.54) is 11.8 Å². The van der Waals surface area contributed by atoms with E-state index in [4.69, 9.17) is 4.99 Å². The topological polar surface area (TPSA) is 35.9 Å². The first-order valence-electron chi connectivity index (χ1n) is 12.5. The quantitative estimate of drug-likeness (QED) is 0.325. The number of hydrogen-bond acceptors (Lipinski definition) is 4. The molecule has 0 bridgehead atoms. The molecule has 1 saturated heterocycles. The first-order chi connectivity index (χ1) is 17.8. The largest absolute Gasteiger partial charge is 0.362 e. The Morgan fingerprint density at radius 1 is 1.03 bits per heavy atom. The van der Waals surface area contributed by atoms with E-state index in [0.717, 1.165) is 41.2 Å². The van der Waals surface area contributed by atoms with Crippen LogP contribution in [-0.2, 0) is 4.79 Å². The number of carbonyl (C=O) groups is 1. The number of carbonyl (C=O) groups excluding carboxylic acids is 1. The van der Waals surface area contributed by atoms with Crippen LogP contribution in [0.15, 0.2) is 88.8 Å². The van der Waals surface area contributed by atoms with Crippen molar-refractivity contribution in [1.82, 2.24) is 0 Å². The van der Waals surface area contributed by atoms with E-state index in [9.17, 15) is 4.79 Å². The molecular formula is C31H30FN3OS. The standard InChI is InChI=1S/C31H30FN3OS/c1-5-16-34-27-19-26(32)22(17-25(27)21(2)20-31(34,3)4)18-28-29(36)35(24-14-10-7-11-15-24)30(37-28)33-23-12-8-6-9-13-23/h6-15,17-20H,5,16H2,1-4H3/b28-18+,33-30?. The molecule has 0 saturated carbocycles.